The van der Waals surface area contributed by atoms with E-state index in [9.17, 15) is 0 Å². The predicted octanol–water partition coefficient (Wildman–Crippen LogP) is 3.87. The molecular formula is C17H27ClN2O. The van der Waals surface area contributed by atoms with Gasteiger partial charge in [-0.2, -0.15) is 0 Å². The Kier molecular flexibility index (Phi) is 6.34. The van der Waals surface area contributed by atoms with E-state index in [1.807, 2.05) is 0 Å². The van der Waals surface area contributed by atoms with Crippen molar-refractivity contribution in [2.75, 3.05) is 38.3 Å². The number of anilines is 1. The molecule has 0 aromatic heterocycles. The molecule has 4 heteroatoms. The van der Waals surface area contributed by atoms with Crippen LogP contribution in [0.4, 0.5) is 5.69 Å². The molecule has 0 bridgehead atoms. The van der Waals surface area contributed by atoms with Gasteiger partial charge in [0.05, 0.1) is 17.3 Å². The summed E-state index contributed by atoms with van der Waals surface area (Å²) in [6, 6.07) is 6.64. The lowest BCUT2D eigenvalue weighted by molar-refractivity contribution is 0.131. The van der Waals surface area contributed by atoms with Crippen LogP contribution in [0.2, 0.25) is 5.02 Å². The highest BCUT2D eigenvalue weighted by Crippen LogP contribution is 2.29. The van der Waals surface area contributed by atoms with Gasteiger partial charge in [-0.05, 0) is 49.9 Å². The van der Waals surface area contributed by atoms with Gasteiger partial charge in [-0.25, -0.2) is 0 Å². The maximum atomic E-state index is 6.43. The van der Waals surface area contributed by atoms with E-state index in [0.717, 1.165) is 42.9 Å². The first-order valence-electron chi connectivity index (χ1n) is 7.93. The van der Waals surface area contributed by atoms with E-state index in [0.29, 0.717) is 6.04 Å². The Morgan fingerprint density at radius 3 is 2.81 bits per heavy atom. The number of benzene rings is 1. The molecule has 1 N–H and O–H groups in total. The molecule has 0 aliphatic heterocycles. The number of halogens is 1. The molecule has 1 saturated carbocycles. The minimum atomic E-state index is 0.328. The topological polar surface area (TPSA) is 24.5 Å². The summed E-state index contributed by atoms with van der Waals surface area (Å²) in [6.45, 7) is 7.78. The monoisotopic (exact) mass is 310 g/mol. The molecule has 1 aliphatic carbocycles. The molecule has 0 radical (unpaired) electrons. The fraction of sp³-hybridized carbons (Fsp3) is 0.647. The summed E-state index contributed by atoms with van der Waals surface area (Å²) in [5, 5.41) is 4.21. The van der Waals surface area contributed by atoms with Gasteiger partial charge in [0.15, 0.2) is 0 Å². The molecule has 118 valence electrons. The van der Waals surface area contributed by atoms with Crippen LogP contribution in [-0.4, -0.2) is 33.4 Å². The van der Waals surface area contributed by atoms with E-state index in [1.54, 1.807) is 0 Å². The van der Waals surface area contributed by atoms with Gasteiger partial charge in [0.25, 0.3) is 0 Å². The zero-order chi connectivity index (χ0) is 15.2. The Morgan fingerprint density at radius 2 is 2.19 bits per heavy atom. The first-order valence-corrected chi connectivity index (χ1v) is 8.31. The van der Waals surface area contributed by atoms with E-state index in [2.05, 4.69) is 49.3 Å². The summed E-state index contributed by atoms with van der Waals surface area (Å²) in [5.41, 5.74) is 2.29. The fourth-order valence-corrected chi connectivity index (χ4v) is 2.72. The molecule has 1 aromatic carbocycles. The Morgan fingerprint density at radius 1 is 1.43 bits per heavy atom. The highest BCUT2D eigenvalue weighted by atomic mass is 35.5. The molecule has 3 nitrogen and oxygen atoms in total. The van der Waals surface area contributed by atoms with E-state index in [-0.39, 0.29) is 0 Å². The third-order valence-corrected chi connectivity index (χ3v) is 4.32. The molecule has 0 saturated heterocycles. The normalized spacial score (nSPS) is 16.0. The van der Waals surface area contributed by atoms with Crippen LogP contribution in [0.1, 0.15) is 38.3 Å². The number of nitrogens with one attached hydrogen (secondary N) is 1. The molecule has 1 atom stereocenters. The zero-order valence-corrected chi connectivity index (χ0v) is 14.1. The maximum absolute atomic E-state index is 6.43. The second-order valence-corrected chi connectivity index (χ2v) is 6.34. The van der Waals surface area contributed by atoms with Crippen molar-refractivity contribution >= 4 is 17.3 Å². The average molecular weight is 311 g/mol. The molecule has 21 heavy (non-hydrogen) atoms. The lowest BCUT2D eigenvalue weighted by atomic mass is 10.1. The van der Waals surface area contributed by atoms with Crippen LogP contribution < -0.4 is 10.2 Å². The fourth-order valence-electron chi connectivity index (χ4n) is 2.38. The summed E-state index contributed by atoms with van der Waals surface area (Å²) in [4.78, 5) is 2.16. The number of hydrogen-bond donors (Lipinski definition) is 1. The minimum absolute atomic E-state index is 0.328. The van der Waals surface area contributed by atoms with E-state index in [4.69, 9.17) is 16.3 Å². The molecular weight excluding hydrogens is 284 g/mol. The molecule has 0 heterocycles. The van der Waals surface area contributed by atoms with Gasteiger partial charge in [0.2, 0.25) is 0 Å². The van der Waals surface area contributed by atoms with E-state index >= 15 is 0 Å². The standard InChI is InChI=1S/C17H27ClN2O/c1-4-19-13(2)15-7-8-17(16(18)11-15)20(3)9-10-21-12-14-5-6-14/h7-8,11,13-14,19H,4-6,9-10,12H2,1-3H3. The van der Waals surface area contributed by atoms with Crippen molar-refractivity contribution in [2.24, 2.45) is 5.92 Å². The number of ether oxygens (including phenoxy) is 1. The lowest BCUT2D eigenvalue weighted by Crippen LogP contribution is -2.23. The van der Waals surface area contributed by atoms with Gasteiger partial charge >= 0.3 is 0 Å². The Bertz CT molecular complexity index is 448. The number of hydrogen-bond acceptors (Lipinski definition) is 3. The van der Waals surface area contributed by atoms with Crippen LogP contribution in [-0.2, 0) is 4.74 Å². The molecule has 1 aromatic rings. The predicted molar refractivity (Wildman–Crippen MR) is 90.4 cm³/mol. The van der Waals surface area contributed by atoms with Crippen molar-refractivity contribution in [1.82, 2.24) is 5.32 Å². The van der Waals surface area contributed by atoms with Crippen LogP contribution in [0.5, 0.6) is 0 Å². The van der Waals surface area contributed by atoms with E-state index in [1.165, 1.54) is 18.4 Å². The summed E-state index contributed by atoms with van der Waals surface area (Å²) >= 11 is 6.43. The largest absolute Gasteiger partial charge is 0.379 e. The van der Waals surface area contributed by atoms with Crippen molar-refractivity contribution in [1.29, 1.82) is 0 Å². The van der Waals surface area contributed by atoms with Crippen molar-refractivity contribution < 1.29 is 4.74 Å². The first-order chi connectivity index (χ1) is 10.1. The summed E-state index contributed by atoms with van der Waals surface area (Å²) in [7, 11) is 2.06. The number of likely N-dealkylation sites (N-methyl/N-ethyl adjacent to an activating group) is 1. The Balaban J connectivity index is 1.85. The molecule has 1 unspecified atom stereocenters. The second-order valence-electron chi connectivity index (χ2n) is 5.93. The van der Waals surface area contributed by atoms with Crippen LogP contribution in [0.15, 0.2) is 18.2 Å². The molecule has 2 rings (SSSR count). The third-order valence-electron chi connectivity index (χ3n) is 4.01. The van der Waals surface area contributed by atoms with Crippen LogP contribution in [0.25, 0.3) is 0 Å². The van der Waals surface area contributed by atoms with Gasteiger partial charge < -0.3 is 15.0 Å². The highest BCUT2D eigenvalue weighted by molar-refractivity contribution is 6.33. The van der Waals surface area contributed by atoms with Gasteiger partial charge in [-0.15, -0.1) is 0 Å². The average Bonchev–Trinajstić information content (AvgIpc) is 3.27. The SMILES string of the molecule is CCNC(C)c1ccc(N(C)CCOCC2CC2)c(Cl)c1. The third kappa shape index (κ3) is 5.17. The van der Waals surface area contributed by atoms with E-state index < -0.39 is 0 Å². The van der Waals surface area contributed by atoms with Crippen LogP contribution >= 0.6 is 11.6 Å². The second kappa shape index (κ2) is 8.02. The van der Waals surface area contributed by atoms with Crippen molar-refractivity contribution in [3.8, 4) is 0 Å². The summed E-state index contributed by atoms with van der Waals surface area (Å²) in [6.07, 6.45) is 2.68. The van der Waals surface area contributed by atoms with Crippen LogP contribution in [0.3, 0.4) is 0 Å². The minimum Gasteiger partial charge on any atom is -0.379 e. The number of nitrogens with zero attached hydrogens (tertiary/aromatic N) is 1. The number of rotatable bonds is 9. The van der Waals surface area contributed by atoms with Gasteiger partial charge in [-0.1, -0.05) is 24.6 Å². The molecule has 1 aliphatic rings. The lowest BCUT2D eigenvalue weighted by Gasteiger charge is -2.22. The van der Waals surface area contributed by atoms with Crippen LogP contribution in [0, 0.1) is 5.92 Å². The maximum Gasteiger partial charge on any atom is 0.0642 e. The molecule has 0 amide bonds. The van der Waals surface area contributed by atoms with Gasteiger partial charge in [0.1, 0.15) is 0 Å². The van der Waals surface area contributed by atoms with Crippen molar-refractivity contribution in [3.63, 3.8) is 0 Å². The Hall–Kier alpha value is -0.770. The van der Waals surface area contributed by atoms with Gasteiger partial charge in [-0.3, -0.25) is 0 Å². The van der Waals surface area contributed by atoms with Crippen molar-refractivity contribution in [3.05, 3.63) is 28.8 Å². The quantitative estimate of drug-likeness (QED) is 0.701. The molecule has 0 spiro atoms. The zero-order valence-electron chi connectivity index (χ0n) is 13.4. The summed E-state index contributed by atoms with van der Waals surface area (Å²) in [5.74, 6) is 0.825. The Labute approximate surface area is 133 Å². The first kappa shape index (κ1) is 16.6. The molecule has 1 fully saturated rings. The highest BCUT2D eigenvalue weighted by Gasteiger charge is 2.21. The van der Waals surface area contributed by atoms with Crippen molar-refractivity contribution in [2.45, 2.75) is 32.7 Å². The summed E-state index contributed by atoms with van der Waals surface area (Å²) < 4.78 is 5.69. The smallest absolute Gasteiger partial charge is 0.0642 e. The van der Waals surface area contributed by atoms with Gasteiger partial charge in [0, 0.05) is 26.2 Å².